The molecule has 0 bridgehead atoms. The molecule has 0 saturated carbocycles. The summed E-state index contributed by atoms with van der Waals surface area (Å²) >= 11 is 0. The Balaban J connectivity index is 2.41. The Morgan fingerprint density at radius 2 is 1.89 bits per heavy atom. The summed E-state index contributed by atoms with van der Waals surface area (Å²) in [5, 5.41) is 0. The lowest BCUT2D eigenvalue weighted by Crippen LogP contribution is -2.35. The fourth-order valence-corrected chi connectivity index (χ4v) is 1.68. The van der Waals surface area contributed by atoms with Gasteiger partial charge in [0.2, 0.25) is 5.91 Å². The van der Waals surface area contributed by atoms with E-state index in [0.717, 1.165) is 13.0 Å². The summed E-state index contributed by atoms with van der Waals surface area (Å²) < 4.78 is 0. The Labute approximate surface area is 110 Å². The molecular formula is C15H24N2O. The average molecular weight is 248 g/mol. The zero-order chi connectivity index (χ0) is 13.6. The Morgan fingerprint density at radius 3 is 2.44 bits per heavy atom. The van der Waals surface area contributed by atoms with Crippen LogP contribution in [-0.4, -0.2) is 30.9 Å². The third kappa shape index (κ3) is 4.88. The minimum atomic E-state index is -0.113. The van der Waals surface area contributed by atoms with Gasteiger partial charge >= 0.3 is 0 Å². The molecule has 1 rings (SSSR count). The Kier molecular flexibility index (Phi) is 5.35. The molecule has 100 valence electrons. The van der Waals surface area contributed by atoms with Crippen LogP contribution in [-0.2, 0) is 11.2 Å². The summed E-state index contributed by atoms with van der Waals surface area (Å²) in [7, 11) is 1.86. The first-order chi connectivity index (χ1) is 8.44. The summed E-state index contributed by atoms with van der Waals surface area (Å²) in [4.78, 5) is 13.8. The first kappa shape index (κ1) is 14.7. The lowest BCUT2D eigenvalue weighted by molar-refractivity contribution is -0.131. The maximum Gasteiger partial charge on any atom is 0.222 e. The van der Waals surface area contributed by atoms with Gasteiger partial charge in [-0.05, 0) is 23.9 Å². The van der Waals surface area contributed by atoms with Crippen molar-refractivity contribution in [3.8, 4) is 0 Å². The fourth-order valence-electron chi connectivity index (χ4n) is 1.68. The van der Waals surface area contributed by atoms with E-state index in [0.29, 0.717) is 13.0 Å². The molecule has 0 radical (unpaired) electrons. The molecule has 1 aromatic rings. The lowest BCUT2D eigenvalue weighted by atomic mass is 9.89. The average Bonchev–Trinajstić information content (AvgIpc) is 2.36. The molecule has 3 heteroatoms. The second-order valence-electron chi connectivity index (χ2n) is 5.60. The molecule has 18 heavy (non-hydrogen) atoms. The molecule has 2 N–H and O–H groups in total. The highest BCUT2D eigenvalue weighted by Gasteiger charge is 2.22. The van der Waals surface area contributed by atoms with Gasteiger partial charge in [-0.1, -0.05) is 44.2 Å². The van der Waals surface area contributed by atoms with Gasteiger partial charge in [0.1, 0.15) is 0 Å². The SMILES string of the molecule is CN(CCc1ccccc1)C(=O)CC(C)(C)CN. The molecule has 0 saturated heterocycles. The number of rotatable bonds is 6. The summed E-state index contributed by atoms with van der Waals surface area (Å²) in [6, 6.07) is 10.2. The van der Waals surface area contributed by atoms with Crippen LogP contribution in [0.4, 0.5) is 0 Å². The standard InChI is InChI=1S/C15H24N2O/c1-15(2,12-16)11-14(18)17(3)10-9-13-7-5-4-6-8-13/h4-8H,9-12,16H2,1-3H3. The molecule has 0 spiro atoms. The van der Waals surface area contributed by atoms with Crippen molar-refractivity contribution >= 4 is 5.91 Å². The summed E-state index contributed by atoms with van der Waals surface area (Å²) in [5.41, 5.74) is 6.80. The van der Waals surface area contributed by atoms with E-state index in [-0.39, 0.29) is 11.3 Å². The van der Waals surface area contributed by atoms with Gasteiger partial charge in [0, 0.05) is 20.0 Å². The number of benzene rings is 1. The van der Waals surface area contributed by atoms with Crippen molar-refractivity contribution in [2.75, 3.05) is 20.1 Å². The molecule has 0 fully saturated rings. The van der Waals surface area contributed by atoms with Crippen LogP contribution in [0.2, 0.25) is 0 Å². The van der Waals surface area contributed by atoms with E-state index < -0.39 is 0 Å². The van der Waals surface area contributed by atoms with Gasteiger partial charge in [-0.3, -0.25) is 4.79 Å². The third-order valence-corrected chi connectivity index (χ3v) is 3.19. The Morgan fingerprint density at radius 1 is 1.28 bits per heavy atom. The smallest absolute Gasteiger partial charge is 0.222 e. The number of carbonyl (C=O) groups excluding carboxylic acids is 1. The number of nitrogens with two attached hydrogens (primary N) is 1. The van der Waals surface area contributed by atoms with Crippen molar-refractivity contribution in [1.29, 1.82) is 0 Å². The number of nitrogens with zero attached hydrogens (tertiary/aromatic N) is 1. The van der Waals surface area contributed by atoms with Gasteiger partial charge in [-0.2, -0.15) is 0 Å². The normalized spacial score (nSPS) is 11.3. The monoisotopic (exact) mass is 248 g/mol. The van der Waals surface area contributed by atoms with Gasteiger partial charge < -0.3 is 10.6 Å². The van der Waals surface area contributed by atoms with E-state index in [1.165, 1.54) is 5.56 Å². The van der Waals surface area contributed by atoms with Crippen LogP contribution in [0, 0.1) is 5.41 Å². The topological polar surface area (TPSA) is 46.3 Å². The highest BCUT2D eigenvalue weighted by Crippen LogP contribution is 2.19. The number of hydrogen-bond acceptors (Lipinski definition) is 2. The van der Waals surface area contributed by atoms with E-state index in [1.807, 2.05) is 39.1 Å². The largest absolute Gasteiger partial charge is 0.345 e. The molecule has 0 atom stereocenters. The van der Waals surface area contributed by atoms with Crippen LogP contribution in [0.3, 0.4) is 0 Å². The molecule has 0 aliphatic carbocycles. The highest BCUT2D eigenvalue weighted by atomic mass is 16.2. The number of carbonyl (C=O) groups is 1. The minimum absolute atomic E-state index is 0.113. The maximum atomic E-state index is 12.0. The lowest BCUT2D eigenvalue weighted by Gasteiger charge is -2.25. The van der Waals surface area contributed by atoms with Crippen molar-refractivity contribution in [1.82, 2.24) is 4.90 Å². The zero-order valence-electron chi connectivity index (χ0n) is 11.6. The molecular weight excluding hydrogens is 224 g/mol. The zero-order valence-corrected chi connectivity index (χ0v) is 11.6. The van der Waals surface area contributed by atoms with Crippen molar-refractivity contribution in [2.24, 2.45) is 11.1 Å². The molecule has 0 aliphatic heterocycles. The molecule has 0 aliphatic rings. The predicted octanol–water partition coefficient (Wildman–Crippen LogP) is 2.06. The van der Waals surface area contributed by atoms with Crippen molar-refractivity contribution in [3.63, 3.8) is 0 Å². The van der Waals surface area contributed by atoms with Crippen LogP contribution in [0.5, 0.6) is 0 Å². The summed E-state index contributed by atoms with van der Waals surface area (Å²) in [6.45, 7) is 5.33. The third-order valence-electron chi connectivity index (χ3n) is 3.19. The molecule has 3 nitrogen and oxygen atoms in total. The van der Waals surface area contributed by atoms with Crippen molar-refractivity contribution in [3.05, 3.63) is 35.9 Å². The Hall–Kier alpha value is -1.35. The highest BCUT2D eigenvalue weighted by molar-refractivity contribution is 5.76. The molecule has 0 aromatic heterocycles. The fraction of sp³-hybridized carbons (Fsp3) is 0.533. The van der Waals surface area contributed by atoms with Crippen LogP contribution in [0.1, 0.15) is 25.8 Å². The van der Waals surface area contributed by atoms with Gasteiger partial charge in [-0.15, -0.1) is 0 Å². The van der Waals surface area contributed by atoms with E-state index in [1.54, 1.807) is 4.90 Å². The van der Waals surface area contributed by atoms with Crippen LogP contribution in [0.15, 0.2) is 30.3 Å². The van der Waals surface area contributed by atoms with Crippen LogP contribution in [0.25, 0.3) is 0 Å². The predicted molar refractivity (Wildman–Crippen MR) is 75.2 cm³/mol. The first-order valence-electron chi connectivity index (χ1n) is 6.42. The first-order valence-corrected chi connectivity index (χ1v) is 6.42. The second kappa shape index (κ2) is 6.55. The van der Waals surface area contributed by atoms with Gasteiger partial charge in [0.25, 0.3) is 0 Å². The molecule has 1 aromatic carbocycles. The van der Waals surface area contributed by atoms with Crippen LogP contribution < -0.4 is 5.73 Å². The van der Waals surface area contributed by atoms with E-state index in [9.17, 15) is 4.79 Å². The quantitative estimate of drug-likeness (QED) is 0.837. The maximum absolute atomic E-state index is 12.0. The van der Waals surface area contributed by atoms with Crippen LogP contribution >= 0.6 is 0 Å². The van der Waals surface area contributed by atoms with Gasteiger partial charge in [0.05, 0.1) is 0 Å². The van der Waals surface area contributed by atoms with E-state index in [2.05, 4.69) is 12.1 Å². The Bertz CT molecular complexity index is 373. The number of likely N-dealkylation sites (N-methyl/N-ethyl adjacent to an activating group) is 1. The molecule has 0 heterocycles. The van der Waals surface area contributed by atoms with Crippen molar-refractivity contribution < 1.29 is 4.79 Å². The van der Waals surface area contributed by atoms with Gasteiger partial charge in [-0.25, -0.2) is 0 Å². The van der Waals surface area contributed by atoms with E-state index in [4.69, 9.17) is 5.73 Å². The van der Waals surface area contributed by atoms with Gasteiger partial charge in [0.15, 0.2) is 0 Å². The summed E-state index contributed by atoms with van der Waals surface area (Å²) in [6.07, 6.45) is 1.40. The number of hydrogen-bond donors (Lipinski definition) is 1. The van der Waals surface area contributed by atoms with E-state index >= 15 is 0 Å². The summed E-state index contributed by atoms with van der Waals surface area (Å²) in [5.74, 6) is 0.168. The number of amides is 1. The molecule has 0 unspecified atom stereocenters. The van der Waals surface area contributed by atoms with Crippen molar-refractivity contribution in [2.45, 2.75) is 26.7 Å². The molecule has 1 amide bonds. The second-order valence-corrected chi connectivity index (χ2v) is 5.60. The minimum Gasteiger partial charge on any atom is -0.345 e.